The quantitative estimate of drug-likeness (QED) is 0.833. The molecule has 1 saturated heterocycles. The number of hydrogen-bond acceptors (Lipinski definition) is 2. The van der Waals surface area contributed by atoms with Crippen LogP contribution < -0.4 is 5.32 Å². The fourth-order valence-electron chi connectivity index (χ4n) is 2.65. The minimum atomic E-state index is -0.361. The standard InChI is InChI=1S/C15H28N2O2/c1-10(2)12-7-13(16-11(3)18)9-17(8-12)14(19)15(4,5)6/h10,12-13H,7-9H2,1-6H3,(H,16,18). The average molecular weight is 268 g/mol. The topological polar surface area (TPSA) is 49.4 Å². The molecule has 0 spiro atoms. The SMILES string of the molecule is CC(=O)NC1CC(C(C)C)CN(C(=O)C(C)(C)C)C1. The van der Waals surface area contributed by atoms with Crippen LogP contribution in [-0.4, -0.2) is 35.8 Å². The van der Waals surface area contributed by atoms with Gasteiger partial charge in [-0.2, -0.15) is 0 Å². The lowest BCUT2D eigenvalue weighted by Crippen LogP contribution is -2.55. The predicted molar refractivity (Wildman–Crippen MR) is 76.6 cm³/mol. The molecule has 0 aromatic carbocycles. The van der Waals surface area contributed by atoms with E-state index in [0.717, 1.165) is 13.0 Å². The Morgan fingerprint density at radius 2 is 1.79 bits per heavy atom. The first kappa shape index (κ1) is 16.0. The highest BCUT2D eigenvalue weighted by Crippen LogP contribution is 2.27. The van der Waals surface area contributed by atoms with Crippen molar-refractivity contribution in [2.24, 2.45) is 17.3 Å². The number of nitrogens with zero attached hydrogens (tertiary/aromatic N) is 1. The zero-order chi connectivity index (χ0) is 14.8. The van der Waals surface area contributed by atoms with Crippen LogP contribution in [-0.2, 0) is 9.59 Å². The molecular formula is C15H28N2O2. The van der Waals surface area contributed by atoms with E-state index < -0.39 is 0 Å². The summed E-state index contributed by atoms with van der Waals surface area (Å²) in [6.45, 7) is 13.2. The summed E-state index contributed by atoms with van der Waals surface area (Å²) in [5, 5.41) is 2.97. The molecule has 1 N–H and O–H groups in total. The van der Waals surface area contributed by atoms with Crippen molar-refractivity contribution in [1.82, 2.24) is 10.2 Å². The number of rotatable bonds is 2. The monoisotopic (exact) mass is 268 g/mol. The van der Waals surface area contributed by atoms with Crippen LogP contribution in [0.4, 0.5) is 0 Å². The van der Waals surface area contributed by atoms with E-state index >= 15 is 0 Å². The number of piperidine rings is 1. The van der Waals surface area contributed by atoms with Gasteiger partial charge in [0, 0.05) is 31.5 Å². The minimum Gasteiger partial charge on any atom is -0.352 e. The van der Waals surface area contributed by atoms with Crippen molar-refractivity contribution in [2.75, 3.05) is 13.1 Å². The van der Waals surface area contributed by atoms with E-state index in [-0.39, 0.29) is 23.3 Å². The van der Waals surface area contributed by atoms with Gasteiger partial charge in [0.15, 0.2) is 0 Å². The van der Waals surface area contributed by atoms with E-state index in [9.17, 15) is 9.59 Å². The lowest BCUT2D eigenvalue weighted by Gasteiger charge is -2.42. The highest BCUT2D eigenvalue weighted by Gasteiger charge is 2.35. The molecule has 1 aliphatic heterocycles. The van der Waals surface area contributed by atoms with E-state index in [1.165, 1.54) is 6.92 Å². The van der Waals surface area contributed by atoms with E-state index in [4.69, 9.17) is 0 Å². The van der Waals surface area contributed by atoms with Gasteiger partial charge in [-0.3, -0.25) is 9.59 Å². The third kappa shape index (κ3) is 4.51. The number of hydrogen-bond donors (Lipinski definition) is 1. The molecule has 1 rings (SSSR count). The first-order chi connectivity index (χ1) is 8.61. The minimum absolute atomic E-state index is 0.0161. The Labute approximate surface area is 116 Å². The third-order valence-electron chi connectivity index (χ3n) is 3.76. The van der Waals surface area contributed by atoms with Crippen LogP contribution in [0.5, 0.6) is 0 Å². The molecule has 0 radical (unpaired) electrons. The number of likely N-dealkylation sites (tertiary alicyclic amines) is 1. The van der Waals surface area contributed by atoms with Crippen LogP contribution in [0.3, 0.4) is 0 Å². The van der Waals surface area contributed by atoms with Crippen molar-refractivity contribution in [2.45, 2.75) is 54.0 Å². The van der Waals surface area contributed by atoms with Crippen molar-refractivity contribution < 1.29 is 9.59 Å². The molecule has 1 aliphatic rings. The van der Waals surface area contributed by atoms with E-state index in [2.05, 4.69) is 19.2 Å². The molecule has 2 amide bonds. The highest BCUT2D eigenvalue weighted by atomic mass is 16.2. The number of amides is 2. The summed E-state index contributed by atoms with van der Waals surface area (Å²) < 4.78 is 0. The zero-order valence-corrected chi connectivity index (χ0v) is 13.1. The van der Waals surface area contributed by atoms with Crippen LogP contribution in [0.15, 0.2) is 0 Å². The molecule has 0 saturated carbocycles. The fourth-order valence-corrected chi connectivity index (χ4v) is 2.65. The van der Waals surface area contributed by atoms with Crippen LogP contribution >= 0.6 is 0 Å². The van der Waals surface area contributed by atoms with Gasteiger partial charge in [0.25, 0.3) is 0 Å². The largest absolute Gasteiger partial charge is 0.352 e. The number of nitrogens with one attached hydrogen (secondary N) is 1. The van der Waals surface area contributed by atoms with Crippen molar-refractivity contribution in [3.05, 3.63) is 0 Å². The molecule has 4 nitrogen and oxygen atoms in total. The predicted octanol–water partition coefficient (Wildman–Crippen LogP) is 2.04. The van der Waals surface area contributed by atoms with E-state index in [1.807, 2.05) is 25.7 Å². The summed E-state index contributed by atoms with van der Waals surface area (Å²) in [5.74, 6) is 1.13. The molecule has 1 heterocycles. The zero-order valence-electron chi connectivity index (χ0n) is 13.1. The summed E-state index contributed by atoms with van der Waals surface area (Å²) in [6, 6.07) is 0.0879. The second-order valence-corrected chi connectivity index (χ2v) is 7.10. The fraction of sp³-hybridized carbons (Fsp3) is 0.867. The van der Waals surface area contributed by atoms with Crippen LogP contribution in [0.2, 0.25) is 0 Å². The van der Waals surface area contributed by atoms with Crippen LogP contribution in [0.1, 0.15) is 48.0 Å². The highest BCUT2D eigenvalue weighted by molar-refractivity contribution is 5.81. The summed E-state index contributed by atoms with van der Waals surface area (Å²) in [6.07, 6.45) is 0.963. The van der Waals surface area contributed by atoms with Gasteiger partial charge in [0.1, 0.15) is 0 Å². The molecule has 0 aromatic heterocycles. The maximum absolute atomic E-state index is 12.4. The number of carbonyl (C=O) groups is 2. The van der Waals surface area contributed by atoms with Crippen molar-refractivity contribution in [3.8, 4) is 0 Å². The molecule has 110 valence electrons. The molecule has 1 fully saturated rings. The van der Waals surface area contributed by atoms with E-state index in [0.29, 0.717) is 18.4 Å². The van der Waals surface area contributed by atoms with Crippen molar-refractivity contribution in [1.29, 1.82) is 0 Å². The van der Waals surface area contributed by atoms with Gasteiger partial charge < -0.3 is 10.2 Å². The Kier molecular flexibility index (Phi) is 4.99. The van der Waals surface area contributed by atoms with Gasteiger partial charge in [-0.15, -0.1) is 0 Å². The molecule has 0 bridgehead atoms. The molecule has 19 heavy (non-hydrogen) atoms. The maximum Gasteiger partial charge on any atom is 0.228 e. The van der Waals surface area contributed by atoms with E-state index in [1.54, 1.807) is 0 Å². The molecule has 0 aliphatic carbocycles. The van der Waals surface area contributed by atoms with Crippen molar-refractivity contribution in [3.63, 3.8) is 0 Å². The molecule has 0 aromatic rings. The second kappa shape index (κ2) is 5.93. The summed E-state index contributed by atoms with van der Waals surface area (Å²) in [7, 11) is 0. The number of carbonyl (C=O) groups excluding carboxylic acids is 2. The Bertz CT molecular complexity index is 345. The Morgan fingerprint density at radius 1 is 1.21 bits per heavy atom. The molecule has 2 unspecified atom stereocenters. The lowest BCUT2D eigenvalue weighted by atomic mass is 9.84. The van der Waals surface area contributed by atoms with Gasteiger partial charge in [-0.25, -0.2) is 0 Å². The average Bonchev–Trinajstić information content (AvgIpc) is 2.25. The summed E-state index contributed by atoms with van der Waals surface area (Å²) >= 11 is 0. The smallest absolute Gasteiger partial charge is 0.228 e. The first-order valence-electron chi connectivity index (χ1n) is 7.17. The van der Waals surface area contributed by atoms with Gasteiger partial charge in [0.2, 0.25) is 11.8 Å². The van der Waals surface area contributed by atoms with Gasteiger partial charge in [0.05, 0.1) is 0 Å². The molecule has 2 atom stereocenters. The van der Waals surface area contributed by atoms with Gasteiger partial charge in [-0.1, -0.05) is 34.6 Å². The Hall–Kier alpha value is -1.06. The Balaban J connectivity index is 2.81. The summed E-state index contributed by atoms with van der Waals surface area (Å²) in [4.78, 5) is 25.6. The second-order valence-electron chi connectivity index (χ2n) is 7.10. The van der Waals surface area contributed by atoms with Crippen molar-refractivity contribution >= 4 is 11.8 Å². The lowest BCUT2D eigenvalue weighted by molar-refractivity contribution is -0.143. The van der Waals surface area contributed by atoms with Gasteiger partial charge >= 0.3 is 0 Å². The van der Waals surface area contributed by atoms with Gasteiger partial charge in [-0.05, 0) is 18.3 Å². The normalized spacial score (nSPS) is 24.5. The van der Waals surface area contributed by atoms with Crippen LogP contribution in [0, 0.1) is 17.3 Å². The molecular weight excluding hydrogens is 240 g/mol. The molecule has 4 heteroatoms. The third-order valence-corrected chi connectivity index (χ3v) is 3.76. The summed E-state index contributed by atoms with van der Waals surface area (Å²) in [5.41, 5.74) is -0.361. The maximum atomic E-state index is 12.4. The van der Waals surface area contributed by atoms with Crippen LogP contribution in [0.25, 0.3) is 0 Å². The Morgan fingerprint density at radius 3 is 2.21 bits per heavy atom. The first-order valence-corrected chi connectivity index (χ1v) is 7.17.